The summed E-state index contributed by atoms with van der Waals surface area (Å²) in [7, 11) is 0. The summed E-state index contributed by atoms with van der Waals surface area (Å²) in [4.78, 5) is 28.0. The Morgan fingerprint density at radius 1 is 1.14 bits per heavy atom. The van der Waals surface area contributed by atoms with Crippen LogP contribution in [0, 0.1) is 11.8 Å². The largest absolute Gasteiger partial charge is 0.352 e. The molecule has 0 atom stereocenters. The number of thiophene rings is 1. The van der Waals surface area contributed by atoms with Gasteiger partial charge in [0.25, 0.3) is 5.91 Å². The van der Waals surface area contributed by atoms with Gasteiger partial charge in [-0.1, -0.05) is 19.9 Å². The minimum atomic E-state index is -0.0697. The third-order valence-electron chi connectivity index (χ3n) is 5.16. The van der Waals surface area contributed by atoms with Crippen molar-refractivity contribution in [3.05, 3.63) is 52.2 Å². The lowest BCUT2D eigenvalue weighted by Crippen LogP contribution is -2.38. The number of benzene rings is 1. The van der Waals surface area contributed by atoms with Gasteiger partial charge in [-0.05, 0) is 67.6 Å². The van der Waals surface area contributed by atoms with E-state index in [1.54, 1.807) is 24.3 Å². The number of nitrogens with one attached hydrogen (secondary N) is 2. The Balaban J connectivity index is 1.40. The number of rotatable bonds is 7. The molecule has 150 valence electrons. The highest BCUT2D eigenvalue weighted by atomic mass is 32.1. The normalized spacial score (nSPS) is 15.5. The number of amides is 2. The molecule has 5 nitrogen and oxygen atoms in total. The summed E-state index contributed by atoms with van der Waals surface area (Å²) < 4.78 is 0. The zero-order valence-corrected chi connectivity index (χ0v) is 17.4. The van der Waals surface area contributed by atoms with Gasteiger partial charge >= 0.3 is 0 Å². The summed E-state index contributed by atoms with van der Waals surface area (Å²) in [5.41, 5.74) is 1.34. The van der Waals surface area contributed by atoms with Crippen molar-refractivity contribution in [2.24, 2.45) is 11.8 Å². The standard InChI is InChI=1S/C22H29N3O2S/c1-16(2)21(26)24-19-7-5-18(6-8-19)22(27)23-14-17-9-11-25(12-10-17)15-20-4-3-13-28-20/h3-8,13,16-17H,9-12,14-15H2,1-2H3,(H,23,27)(H,24,26). The summed E-state index contributed by atoms with van der Waals surface area (Å²) in [6.07, 6.45) is 2.23. The average Bonchev–Trinajstić information content (AvgIpc) is 3.20. The molecule has 3 rings (SSSR count). The Morgan fingerprint density at radius 2 is 1.86 bits per heavy atom. The van der Waals surface area contributed by atoms with E-state index in [0.29, 0.717) is 17.2 Å². The van der Waals surface area contributed by atoms with Gasteiger partial charge in [-0.3, -0.25) is 14.5 Å². The highest BCUT2D eigenvalue weighted by molar-refractivity contribution is 7.09. The number of piperidine rings is 1. The van der Waals surface area contributed by atoms with Gasteiger partial charge in [0, 0.05) is 35.1 Å². The molecule has 28 heavy (non-hydrogen) atoms. The summed E-state index contributed by atoms with van der Waals surface area (Å²) in [5, 5.41) is 8.03. The molecular weight excluding hydrogens is 370 g/mol. The first-order chi connectivity index (χ1) is 13.5. The summed E-state index contributed by atoms with van der Waals surface area (Å²) in [6.45, 7) is 7.63. The number of hydrogen-bond acceptors (Lipinski definition) is 4. The molecule has 2 aromatic rings. The molecule has 0 unspecified atom stereocenters. The highest BCUT2D eigenvalue weighted by Gasteiger charge is 2.20. The molecule has 0 aliphatic carbocycles. The lowest BCUT2D eigenvalue weighted by Gasteiger charge is -2.31. The van der Waals surface area contributed by atoms with Crippen molar-refractivity contribution < 1.29 is 9.59 Å². The van der Waals surface area contributed by atoms with Crippen LogP contribution in [-0.2, 0) is 11.3 Å². The Hall–Kier alpha value is -2.18. The summed E-state index contributed by atoms with van der Waals surface area (Å²) in [5.74, 6) is 0.387. The second-order valence-electron chi connectivity index (χ2n) is 7.73. The molecule has 0 saturated carbocycles. The average molecular weight is 400 g/mol. The van der Waals surface area contributed by atoms with Crippen LogP contribution in [0.5, 0.6) is 0 Å². The molecule has 2 N–H and O–H groups in total. The monoisotopic (exact) mass is 399 g/mol. The van der Waals surface area contributed by atoms with E-state index in [-0.39, 0.29) is 17.7 Å². The van der Waals surface area contributed by atoms with Crippen LogP contribution in [0.15, 0.2) is 41.8 Å². The maximum Gasteiger partial charge on any atom is 0.251 e. The Labute approximate surface area is 171 Å². The van der Waals surface area contributed by atoms with Gasteiger partial charge in [-0.25, -0.2) is 0 Å². The van der Waals surface area contributed by atoms with E-state index in [9.17, 15) is 9.59 Å². The molecule has 1 aromatic heterocycles. The van der Waals surface area contributed by atoms with Crippen LogP contribution < -0.4 is 10.6 Å². The van der Waals surface area contributed by atoms with Crippen molar-refractivity contribution in [1.29, 1.82) is 0 Å². The molecule has 1 aromatic carbocycles. The van der Waals surface area contributed by atoms with E-state index in [0.717, 1.165) is 39.0 Å². The molecule has 0 bridgehead atoms. The molecule has 2 heterocycles. The predicted octanol–water partition coefficient (Wildman–Crippen LogP) is 3.98. The summed E-state index contributed by atoms with van der Waals surface area (Å²) >= 11 is 1.81. The van der Waals surface area contributed by atoms with Gasteiger partial charge in [-0.2, -0.15) is 0 Å². The van der Waals surface area contributed by atoms with Gasteiger partial charge in [0.1, 0.15) is 0 Å². The lowest BCUT2D eigenvalue weighted by atomic mass is 9.96. The van der Waals surface area contributed by atoms with Gasteiger partial charge in [0.05, 0.1) is 0 Å². The number of likely N-dealkylation sites (tertiary alicyclic amines) is 1. The lowest BCUT2D eigenvalue weighted by molar-refractivity contribution is -0.118. The zero-order valence-electron chi connectivity index (χ0n) is 16.6. The fourth-order valence-corrected chi connectivity index (χ4v) is 4.05. The fraction of sp³-hybridized carbons (Fsp3) is 0.455. The van der Waals surface area contributed by atoms with Gasteiger partial charge in [0.2, 0.25) is 5.91 Å². The molecule has 2 amide bonds. The van der Waals surface area contributed by atoms with Crippen LogP contribution in [0.2, 0.25) is 0 Å². The fourth-order valence-electron chi connectivity index (χ4n) is 3.30. The molecular formula is C22H29N3O2S. The Bertz CT molecular complexity index is 764. The van der Waals surface area contributed by atoms with Crippen LogP contribution in [0.4, 0.5) is 5.69 Å². The van der Waals surface area contributed by atoms with Crippen molar-refractivity contribution >= 4 is 28.8 Å². The van der Waals surface area contributed by atoms with Crippen molar-refractivity contribution in [3.63, 3.8) is 0 Å². The van der Waals surface area contributed by atoms with E-state index in [2.05, 4.69) is 33.0 Å². The highest BCUT2D eigenvalue weighted by Crippen LogP contribution is 2.20. The Kier molecular flexibility index (Phi) is 7.23. The van der Waals surface area contributed by atoms with Crippen LogP contribution in [-0.4, -0.2) is 36.3 Å². The quantitative estimate of drug-likeness (QED) is 0.740. The second kappa shape index (κ2) is 9.85. The predicted molar refractivity (Wildman–Crippen MR) is 115 cm³/mol. The SMILES string of the molecule is CC(C)C(=O)Nc1ccc(C(=O)NCC2CCN(Cc3cccs3)CC2)cc1. The molecule has 6 heteroatoms. The van der Waals surface area contributed by atoms with Crippen molar-refractivity contribution in [3.8, 4) is 0 Å². The van der Waals surface area contributed by atoms with Gasteiger partial charge in [-0.15, -0.1) is 11.3 Å². The van der Waals surface area contributed by atoms with Gasteiger partial charge in [0.15, 0.2) is 0 Å². The van der Waals surface area contributed by atoms with Crippen LogP contribution in [0.25, 0.3) is 0 Å². The minimum absolute atomic E-state index is 0.0253. The van der Waals surface area contributed by atoms with E-state index in [1.165, 1.54) is 4.88 Å². The third kappa shape index (κ3) is 5.91. The summed E-state index contributed by atoms with van der Waals surface area (Å²) in [6, 6.07) is 11.4. The molecule has 0 spiro atoms. The molecule has 1 saturated heterocycles. The number of carbonyl (C=O) groups is 2. The maximum absolute atomic E-state index is 12.4. The number of carbonyl (C=O) groups excluding carboxylic acids is 2. The topological polar surface area (TPSA) is 61.4 Å². The number of anilines is 1. The van der Waals surface area contributed by atoms with E-state index >= 15 is 0 Å². The maximum atomic E-state index is 12.4. The zero-order chi connectivity index (χ0) is 19.9. The first-order valence-electron chi connectivity index (χ1n) is 9.95. The van der Waals surface area contributed by atoms with E-state index in [4.69, 9.17) is 0 Å². The van der Waals surface area contributed by atoms with Crippen LogP contribution in [0.3, 0.4) is 0 Å². The van der Waals surface area contributed by atoms with E-state index < -0.39 is 0 Å². The second-order valence-corrected chi connectivity index (χ2v) is 8.76. The number of nitrogens with zero attached hydrogens (tertiary/aromatic N) is 1. The van der Waals surface area contributed by atoms with Crippen LogP contribution in [0.1, 0.15) is 41.9 Å². The first kappa shape index (κ1) is 20.6. The molecule has 1 fully saturated rings. The molecule has 1 aliphatic heterocycles. The third-order valence-corrected chi connectivity index (χ3v) is 6.02. The van der Waals surface area contributed by atoms with E-state index in [1.807, 2.05) is 25.2 Å². The first-order valence-corrected chi connectivity index (χ1v) is 10.8. The van der Waals surface area contributed by atoms with Crippen molar-refractivity contribution in [1.82, 2.24) is 10.2 Å². The molecule has 1 aliphatic rings. The minimum Gasteiger partial charge on any atom is -0.352 e. The van der Waals surface area contributed by atoms with Gasteiger partial charge < -0.3 is 10.6 Å². The smallest absolute Gasteiger partial charge is 0.251 e. The van der Waals surface area contributed by atoms with Crippen molar-refractivity contribution in [2.75, 3.05) is 25.0 Å². The molecule has 0 radical (unpaired) electrons. The van der Waals surface area contributed by atoms with Crippen LogP contribution >= 0.6 is 11.3 Å². The Morgan fingerprint density at radius 3 is 2.46 bits per heavy atom. The van der Waals surface area contributed by atoms with Crippen molar-refractivity contribution in [2.45, 2.75) is 33.2 Å². The number of hydrogen-bond donors (Lipinski definition) is 2.